The van der Waals surface area contributed by atoms with E-state index < -0.39 is 7.26 Å². The maximum Gasteiger partial charge on any atom is 0.112 e. The molecule has 0 fully saturated rings. The lowest BCUT2D eigenvalue weighted by Crippen LogP contribution is -3.00. The van der Waals surface area contributed by atoms with Crippen molar-refractivity contribution in [3.05, 3.63) is 91.0 Å². The van der Waals surface area contributed by atoms with Gasteiger partial charge in [-0.1, -0.05) is 54.6 Å². The Kier molecular flexibility index (Phi) is 8.22. The second kappa shape index (κ2) is 10.2. The van der Waals surface area contributed by atoms with Crippen molar-refractivity contribution in [2.45, 2.75) is 12.8 Å². The van der Waals surface area contributed by atoms with E-state index in [1.165, 1.54) is 28.5 Å². The molecule has 0 saturated carbocycles. The number of unbranched alkanes of at least 4 members (excludes halogenated alkanes) is 1. The Morgan fingerprint density at radius 1 is 0.560 bits per heavy atom. The van der Waals surface area contributed by atoms with Crippen LogP contribution in [0.3, 0.4) is 0 Å². The van der Waals surface area contributed by atoms with Crippen molar-refractivity contribution < 1.29 is 17.0 Å². The van der Waals surface area contributed by atoms with Crippen molar-refractivity contribution in [1.29, 1.82) is 0 Å². The van der Waals surface area contributed by atoms with Crippen LogP contribution in [0.2, 0.25) is 0 Å². The van der Waals surface area contributed by atoms with Crippen molar-refractivity contribution in [1.82, 2.24) is 0 Å². The van der Waals surface area contributed by atoms with E-state index in [2.05, 4.69) is 104 Å². The van der Waals surface area contributed by atoms with Crippen LogP contribution in [0.4, 0.5) is 0 Å². The lowest BCUT2D eigenvalue weighted by Gasteiger charge is -2.27. The average molecular weight is 431 g/mol. The molecule has 0 nitrogen and oxygen atoms in total. The van der Waals surface area contributed by atoms with Crippen molar-refractivity contribution in [3.63, 3.8) is 0 Å². The first-order valence-corrected chi connectivity index (χ1v) is 11.1. The number of hydrogen-bond donors (Lipinski definition) is 1. The number of hydrogen-bond acceptors (Lipinski definition) is 1. The Hall–Kier alpha value is -1.08. The fourth-order valence-electron chi connectivity index (χ4n) is 3.34. The van der Waals surface area contributed by atoms with Gasteiger partial charge < -0.3 is 17.0 Å². The minimum absolute atomic E-state index is 0. The molecule has 3 heteroatoms. The molecule has 0 unspecified atom stereocenters. The summed E-state index contributed by atoms with van der Waals surface area (Å²) in [6, 6.07) is 33.3. The fraction of sp³-hybridized carbons (Fsp3) is 0.182. The van der Waals surface area contributed by atoms with E-state index in [9.17, 15) is 0 Å². The Labute approximate surface area is 168 Å². The summed E-state index contributed by atoms with van der Waals surface area (Å²) >= 11 is 4.42. The van der Waals surface area contributed by atoms with Gasteiger partial charge in [-0.05, 0) is 55.0 Å². The Balaban J connectivity index is 0.00000225. The number of rotatable bonds is 7. The highest BCUT2D eigenvalue weighted by atomic mass is 79.9. The zero-order valence-corrected chi connectivity index (χ0v) is 17.6. The van der Waals surface area contributed by atoms with Crippen LogP contribution < -0.4 is 32.9 Å². The van der Waals surface area contributed by atoms with E-state index in [1.54, 1.807) is 0 Å². The van der Waals surface area contributed by atoms with Gasteiger partial charge in [0, 0.05) is 0 Å². The molecule has 0 aliphatic rings. The summed E-state index contributed by atoms with van der Waals surface area (Å²) in [5.74, 6) is 0.957. The van der Waals surface area contributed by atoms with Crippen molar-refractivity contribution in [2.24, 2.45) is 0 Å². The molecule has 3 aromatic rings. The monoisotopic (exact) mass is 430 g/mol. The van der Waals surface area contributed by atoms with Gasteiger partial charge in [0.2, 0.25) is 0 Å². The predicted octanol–water partition coefficient (Wildman–Crippen LogP) is 1.69. The molecule has 0 aliphatic carbocycles. The zero-order chi connectivity index (χ0) is 16.7. The minimum atomic E-state index is -1.62. The Morgan fingerprint density at radius 3 is 1.24 bits per heavy atom. The van der Waals surface area contributed by atoms with E-state index in [4.69, 9.17) is 0 Å². The van der Waals surface area contributed by atoms with Gasteiger partial charge in [-0.3, -0.25) is 0 Å². The topological polar surface area (TPSA) is 0 Å². The predicted molar refractivity (Wildman–Crippen MR) is 113 cm³/mol. The number of thiol groups is 1. The van der Waals surface area contributed by atoms with E-state index >= 15 is 0 Å². The highest BCUT2D eigenvalue weighted by Crippen LogP contribution is 2.55. The summed E-state index contributed by atoms with van der Waals surface area (Å²) in [5.41, 5.74) is 0. The first kappa shape index (κ1) is 20.2. The molecule has 25 heavy (non-hydrogen) atoms. The highest BCUT2D eigenvalue weighted by molar-refractivity contribution is 7.95. The van der Waals surface area contributed by atoms with Crippen LogP contribution >= 0.6 is 19.9 Å². The van der Waals surface area contributed by atoms with Crippen LogP contribution in [-0.4, -0.2) is 11.9 Å². The third-order valence-electron chi connectivity index (χ3n) is 4.49. The fourth-order valence-corrected chi connectivity index (χ4v) is 7.98. The molecule has 0 aliphatic heterocycles. The summed E-state index contributed by atoms with van der Waals surface area (Å²) in [7, 11) is -1.62. The summed E-state index contributed by atoms with van der Waals surface area (Å²) < 4.78 is 0. The van der Waals surface area contributed by atoms with E-state index in [-0.39, 0.29) is 17.0 Å². The van der Waals surface area contributed by atoms with E-state index in [0.717, 1.165) is 12.2 Å². The van der Waals surface area contributed by atoms with Gasteiger partial charge in [0.1, 0.15) is 23.2 Å². The van der Waals surface area contributed by atoms with Gasteiger partial charge in [0.05, 0.1) is 6.16 Å². The molecule has 0 heterocycles. The van der Waals surface area contributed by atoms with Crippen LogP contribution in [0.15, 0.2) is 91.0 Å². The summed E-state index contributed by atoms with van der Waals surface area (Å²) in [4.78, 5) is 0. The molecular formula is C22H24BrPS. The minimum Gasteiger partial charge on any atom is -1.00 e. The largest absolute Gasteiger partial charge is 1.00 e. The average Bonchev–Trinajstić information content (AvgIpc) is 2.68. The first-order chi connectivity index (χ1) is 11.9. The summed E-state index contributed by atoms with van der Waals surface area (Å²) in [6.07, 6.45) is 3.57. The SMILES string of the molecule is SCCCC[P+](c1ccccc1)(c1ccccc1)c1ccccc1.[Br-]. The van der Waals surface area contributed by atoms with Gasteiger partial charge in [-0.2, -0.15) is 12.6 Å². The standard InChI is InChI=1S/C22H23PS.BrH/c24-19-11-10-18-23(20-12-4-1-5-13-20,21-14-6-2-7-15-21)22-16-8-3-9-17-22;/h1-9,12-17H,10-11,18-19H2;1H. The first-order valence-electron chi connectivity index (χ1n) is 8.54. The molecule has 130 valence electrons. The van der Waals surface area contributed by atoms with Crippen LogP contribution in [0.25, 0.3) is 0 Å². The molecule has 0 spiro atoms. The Morgan fingerprint density at radius 2 is 0.920 bits per heavy atom. The second-order valence-corrected chi connectivity index (χ2v) is 10.0. The highest BCUT2D eigenvalue weighted by Gasteiger charge is 2.44. The number of benzene rings is 3. The molecule has 0 aromatic heterocycles. The molecule has 3 aromatic carbocycles. The lowest BCUT2D eigenvalue weighted by atomic mass is 10.3. The van der Waals surface area contributed by atoms with Gasteiger partial charge in [0.15, 0.2) is 0 Å². The molecule has 0 atom stereocenters. The van der Waals surface area contributed by atoms with Crippen LogP contribution in [0.1, 0.15) is 12.8 Å². The molecule has 0 N–H and O–H groups in total. The maximum atomic E-state index is 4.42. The molecule has 0 amide bonds. The molecule has 0 radical (unpaired) electrons. The molecule has 0 saturated heterocycles. The van der Waals surface area contributed by atoms with Crippen molar-refractivity contribution in [3.8, 4) is 0 Å². The second-order valence-electron chi connectivity index (χ2n) is 5.97. The number of halogens is 1. The molecule has 0 bridgehead atoms. The maximum absolute atomic E-state index is 4.42. The zero-order valence-electron chi connectivity index (χ0n) is 14.3. The third kappa shape index (κ3) is 4.56. The quantitative estimate of drug-likeness (QED) is 0.329. The van der Waals surface area contributed by atoms with Crippen LogP contribution in [-0.2, 0) is 0 Å². The van der Waals surface area contributed by atoms with Gasteiger partial charge in [-0.25, -0.2) is 0 Å². The molecular weight excluding hydrogens is 407 g/mol. The summed E-state index contributed by atoms with van der Waals surface area (Å²) in [6.45, 7) is 0. The van der Waals surface area contributed by atoms with Gasteiger partial charge in [-0.15, -0.1) is 0 Å². The van der Waals surface area contributed by atoms with Crippen molar-refractivity contribution in [2.75, 3.05) is 11.9 Å². The van der Waals surface area contributed by atoms with E-state index in [0.29, 0.717) is 0 Å². The normalized spacial score (nSPS) is 10.9. The Bertz CT molecular complexity index is 635. The van der Waals surface area contributed by atoms with Gasteiger partial charge in [0.25, 0.3) is 0 Å². The summed E-state index contributed by atoms with van der Waals surface area (Å²) in [5, 5.41) is 4.42. The van der Waals surface area contributed by atoms with Crippen LogP contribution in [0, 0.1) is 0 Å². The smallest absolute Gasteiger partial charge is 0.112 e. The van der Waals surface area contributed by atoms with E-state index in [1.807, 2.05) is 0 Å². The van der Waals surface area contributed by atoms with Crippen LogP contribution in [0.5, 0.6) is 0 Å². The lowest BCUT2D eigenvalue weighted by molar-refractivity contribution is -0.00000459. The molecule has 3 rings (SSSR count). The van der Waals surface area contributed by atoms with Crippen molar-refractivity contribution >= 4 is 35.8 Å². The van der Waals surface area contributed by atoms with Gasteiger partial charge >= 0.3 is 0 Å². The third-order valence-corrected chi connectivity index (χ3v) is 9.33.